The lowest BCUT2D eigenvalue weighted by Gasteiger charge is -2.32. The summed E-state index contributed by atoms with van der Waals surface area (Å²) in [6.07, 6.45) is 4.24. The highest BCUT2D eigenvalue weighted by Crippen LogP contribution is 2.33. The predicted molar refractivity (Wildman–Crippen MR) is 117 cm³/mol. The molecule has 0 fully saturated rings. The lowest BCUT2D eigenvalue weighted by molar-refractivity contribution is -0.130. The largest absolute Gasteiger partial charge is 0.350 e. The van der Waals surface area contributed by atoms with Crippen molar-refractivity contribution in [3.63, 3.8) is 0 Å². The third-order valence-electron chi connectivity index (χ3n) is 5.24. The fourth-order valence-electron chi connectivity index (χ4n) is 3.58. The number of amides is 3. The van der Waals surface area contributed by atoms with Crippen LogP contribution in [0.5, 0.6) is 0 Å². The molecule has 1 aliphatic rings. The second-order valence-electron chi connectivity index (χ2n) is 7.40. The van der Waals surface area contributed by atoms with Gasteiger partial charge in [0, 0.05) is 25.2 Å². The van der Waals surface area contributed by atoms with Gasteiger partial charge in [-0.1, -0.05) is 43.3 Å². The van der Waals surface area contributed by atoms with Crippen LogP contribution in [0.3, 0.4) is 0 Å². The van der Waals surface area contributed by atoms with Crippen molar-refractivity contribution < 1.29 is 14.4 Å². The van der Waals surface area contributed by atoms with Crippen molar-refractivity contribution in [2.24, 2.45) is 0 Å². The number of rotatable bonds is 6. The fourth-order valence-corrected chi connectivity index (χ4v) is 3.58. The minimum absolute atomic E-state index is 0.0408. The number of carbonyl (C=O) groups excluding carboxylic acids is 3. The quantitative estimate of drug-likeness (QED) is 0.757. The van der Waals surface area contributed by atoms with Gasteiger partial charge in [-0.05, 0) is 41.8 Å². The molecule has 6 nitrogen and oxygen atoms in total. The Morgan fingerprint density at radius 1 is 1.03 bits per heavy atom. The Labute approximate surface area is 177 Å². The van der Waals surface area contributed by atoms with Crippen LogP contribution in [0.2, 0.25) is 0 Å². The zero-order chi connectivity index (χ0) is 21.7. The predicted octanol–water partition coefficient (Wildman–Crippen LogP) is 4.18. The van der Waals surface area contributed by atoms with Crippen LogP contribution in [-0.2, 0) is 14.4 Å². The molecule has 30 heavy (non-hydrogen) atoms. The van der Waals surface area contributed by atoms with Crippen molar-refractivity contribution in [3.8, 4) is 0 Å². The molecular formula is C24H27N3O3. The van der Waals surface area contributed by atoms with E-state index in [-0.39, 0.29) is 36.2 Å². The molecule has 0 saturated heterocycles. The standard InChI is InChI=1S/C24H27N3O3/c1-4-23(29)26-20-11-9-18(10-12-20)16(2)25-24(30)15-22-21-8-6-5-7-19(21)13-14-27(22)17(3)28/h5-14,16,22H,4,15H2,1-3H3,(H,25,30)(H,26,29). The molecule has 6 heteroatoms. The summed E-state index contributed by atoms with van der Waals surface area (Å²) in [7, 11) is 0. The highest BCUT2D eigenvalue weighted by atomic mass is 16.2. The van der Waals surface area contributed by atoms with Crippen LogP contribution in [0.1, 0.15) is 62.4 Å². The zero-order valence-corrected chi connectivity index (χ0v) is 17.5. The van der Waals surface area contributed by atoms with E-state index in [9.17, 15) is 14.4 Å². The maximum atomic E-state index is 12.8. The van der Waals surface area contributed by atoms with Gasteiger partial charge >= 0.3 is 0 Å². The average molecular weight is 405 g/mol. The summed E-state index contributed by atoms with van der Waals surface area (Å²) in [5.74, 6) is -0.274. The molecule has 3 amide bonds. The van der Waals surface area contributed by atoms with Crippen molar-refractivity contribution >= 4 is 29.5 Å². The molecule has 1 heterocycles. The maximum Gasteiger partial charge on any atom is 0.224 e. The summed E-state index contributed by atoms with van der Waals surface area (Å²) in [6, 6.07) is 14.7. The first-order valence-corrected chi connectivity index (χ1v) is 10.1. The molecular weight excluding hydrogens is 378 g/mol. The van der Waals surface area contributed by atoms with Crippen molar-refractivity contribution in [1.82, 2.24) is 10.2 Å². The van der Waals surface area contributed by atoms with E-state index in [1.54, 1.807) is 18.0 Å². The second-order valence-corrected chi connectivity index (χ2v) is 7.40. The number of carbonyl (C=O) groups is 3. The Morgan fingerprint density at radius 2 is 1.73 bits per heavy atom. The third kappa shape index (κ3) is 4.95. The average Bonchev–Trinajstić information content (AvgIpc) is 2.74. The van der Waals surface area contributed by atoms with Crippen LogP contribution in [0, 0.1) is 0 Å². The van der Waals surface area contributed by atoms with Gasteiger partial charge in [-0.15, -0.1) is 0 Å². The first-order valence-electron chi connectivity index (χ1n) is 10.1. The minimum atomic E-state index is -0.331. The highest BCUT2D eigenvalue weighted by Gasteiger charge is 2.28. The molecule has 2 aromatic rings. The van der Waals surface area contributed by atoms with Crippen LogP contribution in [0.25, 0.3) is 6.08 Å². The molecule has 0 saturated carbocycles. The summed E-state index contributed by atoms with van der Waals surface area (Å²) in [6.45, 7) is 5.22. The van der Waals surface area contributed by atoms with Crippen LogP contribution in [0.4, 0.5) is 5.69 Å². The summed E-state index contributed by atoms with van der Waals surface area (Å²) >= 11 is 0. The number of benzene rings is 2. The van der Waals surface area contributed by atoms with Crippen LogP contribution < -0.4 is 10.6 Å². The van der Waals surface area contributed by atoms with Crippen LogP contribution in [0.15, 0.2) is 54.7 Å². The van der Waals surface area contributed by atoms with E-state index in [0.29, 0.717) is 6.42 Å². The third-order valence-corrected chi connectivity index (χ3v) is 5.24. The summed E-state index contributed by atoms with van der Waals surface area (Å²) in [4.78, 5) is 38.0. The molecule has 0 spiro atoms. The van der Waals surface area contributed by atoms with Crippen LogP contribution in [-0.4, -0.2) is 22.6 Å². The zero-order valence-electron chi connectivity index (χ0n) is 17.5. The molecule has 3 rings (SSSR count). The molecule has 1 aliphatic heterocycles. The Balaban J connectivity index is 1.67. The first-order chi connectivity index (χ1) is 14.4. The van der Waals surface area contributed by atoms with Gasteiger partial charge in [-0.3, -0.25) is 14.4 Å². The summed E-state index contributed by atoms with van der Waals surface area (Å²) in [5.41, 5.74) is 3.65. The molecule has 2 N–H and O–H groups in total. The van der Waals surface area contributed by atoms with E-state index in [1.165, 1.54) is 6.92 Å². The second kappa shape index (κ2) is 9.39. The highest BCUT2D eigenvalue weighted by molar-refractivity contribution is 5.90. The molecule has 0 bridgehead atoms. The normalized spacial score (nSPS) is 15.8. The lowest BCUT2D eigenvalue weighted by atomic mass is 9.93. The first kappa shape index (κ1) is 21.3. The topological polar surface area (TPSA) is 78.5 Å². The van der Waals surface area contributed by atoms with E-state index in [2.05, 4.69) is 10.6 Å². The Hall–Kier alpha value is -3.41. The SMILES string of the molecule is CCC(=O)Nc1ccc(C(C)NC(=O)CC2c3ccccc3C=CN2C(C)=O)cc1. The number of nitrogens with zero attached hydrogens (tertiary/aromatic N) is 1. The van der Waals surface area contributed by atoms with E-state index < -0.39 is 0 Å². The molecule has 2 atom stereocenters. The Kier molecular flexibility index (Phi) is 6.67. The summed E-state index contributed by atoms with van der Waals surface area (Å²) in [5, 5.41) is 5.82. The Bertz CT molecular complexity index is 966. The van der Waals surface area contributed by atoms with Gasteiger partial charge in [-0.2, -0.15) is 0 Å². The molecule has 0 aromatic heterocycles. The van der Waals surface area contributed by atoms with Gasteiger partial charge in [0.05, 0.1) is 18.5 Å². The number of fused-ring (bicyclic) bond motifs is 1. The smallest absolute Gasteiger partial charge is 0.224 e. The van der Waals surface area contributed by atoms with Gasteiger partial charge in [0.25, 0.3) is 0 Å². The van der Waals surface area contributed by atoms with E-state index in [4.69, 9.17) is 0 Å². The number of hydrogen-bond donors (Lipinski definition) is 2. The fraction of sp³-hybridized carbons (Fsp3) is 0.292. The molecule has 2 aromatic carbocycles. The molecule has 0 aliphatic carbocycles. The summed E-state index contributed by atoms with van der Waals surface area (Å²) < 4.78 is 0. The Morgan fingerprint density at radius 3 is 2.40 bits per heavy atom. The molecule has 156 valence electrons. The van der Waals surface area contributed by atoms with Crippen LogP contribution >= 0.6 is 0 Å². The maximum absolute atomic E-state index is 12.8. The monoisotopic (exact) mass is 405 g/mol. The van der Waals surface area contributed by atoms with Crippen molar-refractivity contribution in [2.45, 2.75) is 45.7 Å². The minimum Gasteiger partial charge on any atom is -0.350 e. The van der Waals surface area contributed by atoms with Gasteiger partial charge in [0.2, 0.25) is 17.7 Å². The van der Waals surface area contributed by atoms with Crippen molar-refractivity contribution in [3.05, 3.63) is 71.4 Å². The molecule has 0 radical (unpaired) electrons. The number of anilines is 1. The lowest BCUT2D eigenvalue weighted by Crippen LogP contribution is -2.36. The number of nitrogens with one attached hydrogen (secondary N) is 2. The van der Waals surface area contributed by atoms with Gasteiger partial charge in [0.1, 0.15) is 0 Å². The van der Waals surface area contributed by atoms with E-state index in [0.717, 1.165) is 22.4 Å². The van der Waals surface area contributed by atoms with Crippen molar-refractivity contribution in [2.75, 3.05) is 5.32 Å². The number of hydrogen-bond acceptors (Lipinski definition) is 3. The van der Waals surface area contributed by atoms with Gasteiger partial charge in [0.15, 0.2) is 0 Å². The molecule has 2 unspecified atom stereocenters. The van der Waals surface area contributed by atoms with Gasteiger partial charge < -0.3 is 15.5 Å². The van der Waals surface area contributed by atoms with E-state index in [1.807, 2.05) is 61.5 Å². The van der Waals surface area contributed by atoms with Crippen molar-refractivity contribution in [1.29, 1.82) is 0 Å². The van der Waals surface area contributed by atoms with E-state index >= 15 is 0 Å². The van der Waals surface area contributed by atoms with Gasteiger partial charge in [-0.25, -0.2) is 0 Å².